The van der Waals surface area contributed by atoms with Crippen molar-refractivity contribution in [3.8, 4) is 11.3 Å². The van der Waals surface area contributed by atoms with E-state index in [2.05, 4.69) is 47.1 Å². The molecule has 2 rings (SSSR count). The first-order valence-corrected chi connectivity index (χ1v) is 5.90. The Labute approximate surface area is 103 Å². The van der Waals surface area contributed by atoms with Crippen molar-refractivity contribution < 1.29 is 4.52 Å². The number of halogens is 1. The first kappa shape index (κ1) is 11.2. The summed E-state index contributed by atoms with van der Waals surface area (Å²) in [5.74, 6) is 1.58. The number of anilines is 1. The van der Waals surface area contributed by atoms with E-state index >= 15 is 0 Å². The van der Waals surface area contributed by atoms with Crippen LogP contribution in [-0.4, -0.2) is 5.16 Å². The van der Waals surface area contributed by atoms with Crippen LogP contribution in [0.25, 0.3) is 11.3 Å². The minimum atomic E-state index is 0.378. The molecule has 0 aliphatic heterocycles. The van der Waals surface area contributed by atoms with Crippen LogP contribution in [0.1, 0.15) is 25.3 Å². The van der Waals surface area contributed by atoms with E-state index in [0.717, 1.165) is 5.56 Å². The van der Waals surface area contributed by atoms with Crippen molar-refractivity contribution in [1.82, 2.24) is 5.16 Å². The third-order valence-electron chi connectivity index (χ3n) is 2.50. The van der Waals surface area contributed by atoms with Gasteiger partial charge in [0.05, 0.1) is 0 Å². The highest BCUT2D eigenvalue weighted by Crippen LogP contribution is 2.32. The molecular weight excluding hydrogens is 268 g/mol. The number of hydrogen-bond donors (Lipinski definition) is 1. The first-order valence-electron chi connectivity index (χ1n) is 5.10. The van der Waals surface area contributed by atoms with Gasteiger partial charge in [0.15, 0.2) is 11.6 Å². The zero-order valence-electron chi connectivity index (χ0n) is 9.20. The van der Waals surface area contributed by atoms with Crippen LogP contribution in [0.3, 0.4) is 0 Å². The molecule has 0 atom stereocenters. The standard InChI is InChI=1S/C12H13BrN2O/c1-7(2)8-3-5-9(6-4-8)11-10(13)12(14)15-16-11/h3-7H,1-2H3,(H2,14,15). The molecule has 0 radical (unpaired) electrons. The van der Waals surface area contributed by atoms with Crippen LogP contribution in [0.15, 0.2) is 33.3 Å². The van der Waals surface area contributed by atoms with E-state index in [1.807, 2.05) is 12.1 Å². The molecule has 0 aliphatic rings. The molecular formula is C12H13BrN2O. The van der Waals surface area contributed by atoms with Crippen molar-refractivity contribution in [2.45, 2.75) is 19.8 Å². The molecule has 16 heavy (non-hydrogen) atoms. The van der Waals surface area contributed by atoms with Gasteiger partial charge in [-0.3, -0.25) is 0 Å². The van der Waals surface area contributed by atoms with E-state index in [1.54, 1.807) is 0 Å². The molecule has 0 fully saturated rings. The number of aromatic nitrogens is 1. The van der Waals surface area contributed by atoms with Gasteiger partial charge in [-0.05, 0) is 27.4 Å². The molecule has 4 heteroatoms. The average molecular weight is 281 g/mol. The second-order valence-electron chi connectivity index (χ2n) is 3.99. The monoisotopic (exact) mass is 280 g/mol. The van der Waals surface area contributed by atoms with Crippen molar-refractivity contribution in [2.24, 2.45) is 0 Å². The fraction of sp³-hybridized carbons (Fsp3) is 0.250. The Kier molecular flexibility index (Phi) is 3.01. The van der Waals surface area contributed by atoms with Gasteiger partial charge >= 0.3 is 0 Å². The summed E-state index contributed by atoms with van der Waals surface area (Å²) < 4.78 is 5.87. The summed E-state index contributed by atoms with van der Waals surface area (Å²) in [6.45, 7) is 4.33. The molecule has 2 N–H and O–H groups in total. The fourth-order valence-electron chi connectivity index (χ4n) is 1.49. The predicted octanol–water partition coefficient (Wildman–Crippen LogP) is 3.81. The molecule has 1 heterocycles. The van der Waals surface area contributed by atoms with E-state index < -0.39 is 0 Å². The maximum Gasteiger partial charge on any atom is 0.183 e. The second kappa shape index (κ2) is 4.29. The molecule has 0 saturated carbocycles. The van der Waals surface area contributed by atoms with Crippen LogP contribution in [0.4, 0.5) is 5.82 Å². The number of nitrogens with zero attached hydrogens (tertiary/aromatic N) is 1. The van der Waals surface area contributed by atoms with Gasteiger partial charge < -0.3 is 10.3 Å². The fourth-order valence-corrected chi connectivity index (χ4v) is 1.86. The highest BCUT2D eigenvalue weighted by Gasteiger charge is 2.12. The van der Waals surface area contributed by atoms with Crippen LogP contribution in [-0.2, 0) is 0 Å². The number of benzene rings is 1. The van der Waals surface area contributed by atoms with E-state index in [1.165, 1.54) is 5.56 Å². The van der Waals surface area contributed by atoms with Crippen molar-refractivity contribution in [2.75, 3.05) is 5.73 Å². The molecule has 1 aromatic carbocycles. The lowest BCUT2D eigenvalue weighted by Gasteiger charge is -2.05. The zero-order chi connectivity index (χ0) is 11.7. The zero-order valence-corrected chi connectivity index (χ0v) is 10.8. The van der Waals surface area contributed by atoms with Crippen LogP contribution in [0.2, 0.25) is 0 Å². The largest absolute Gasteiger partial charge is 0.380 e. The molecule has 3 nitrogen and oxygen atoms in total. The summed E-state index contributed by atoms with van der Waals surface area (Å²) in [6.07, 6.45) is 0. The van der Waals surface area contributed by atoms with Crippen LogP contribution >= 0.6 is 15.9 Å². The van der Waals surface area contributed by atoms with Crippen molar-refractivity contribution in [3.63, 3.8) is 0 Å². The maximum atomic E-state index is 5.60. The van der Waals surface area contributed by atoms with Gasteiger partial charge in [0.2, 0.25) is 0 Å². The van der Waals surface area contributed by atoms with Crippen LogP contribution < -0.4 is 5.73 Å². The topological polar surface area (TPSA) is 52.0 Å². The van der Waals surface area contributed by atoms with Crippen LogP contribution in [0, 0.1) is 0 Å². The van der Waals surface area contributed by atoms with Crippen molar-refractivity contribution in [3.05, 3.63) is 34.3 Å². The minimum Gasteiger partial charge on any atom is -0.380 e. The highest BCUT2D eigenvalue weighted by molar-refractivity contribution is 9.10. The molecule has 84 valence electrons. The molecule has 0 aliphatic carbocycles. The summed E-state index contributed by atoms with van der Waals surface area (Å²) in [5, 5.41) is 3.71. The normalized spacial score (nSPS) is 11.0. The lowest BCUT2D eigenvalue weighted by atomic mass is 10.0. The number of nitrogens with two attached hydrogens (primary N) is 1. The summed E-state index contributed by atoms with van der Waals surface area (Å²) in [7, 11) is 0. The molecule has 0 unspecified atom stereocenters. The maximum absolute atomic E-state index is 5.60. The first-order chi connectivity index (χ1) is 7.59. The van der Waals surface area contributed by atoms with E-state index in [0.29, 0.717) is 22.0 Å². The SMILES string of the molecule is CC(C)c1ccc(-c2onc(N)c2Br)cc1. The van der Waals surface area contributed by atoms with Gasteiger partial charge in [-0.1, -0.05) is 43.3 Å². The Hall–Kier alpha value is -1.29. The molecule has 0 spiro atoms. The Morgan fingerprint density at radius 2 is 1.88 bits per heavy atom. The lowest BCUT2D eigenvalue weighted by Crippen LogP contribution is -1.86. The van der Waals surface area contributed by atoms with Gasteiger partial charge in [-0.15, -0.1) is 0 Å². The minimum absolute atomic E-state index is 0.378. The Morgan fingerprint density at radius 1 is 1.25 bits per heavy atom. The van der Waals surface area contributed by atoms with E-state index in [9.17, 15) is 0 Å². The van der Waals surface area contributed by atoms with Gasteiger partial charge in [0.1, 0.15) is 4.47 Å². The summed E-state index contributed by atoms with van der Waals surface area (Å²) >= 11 is 3.35. The average Bonchev–Trinajstić information content (AvgIpc) is 2.60. The Bertz CT molecular complexity index is 488. The molecule has 0 amide bonds. The number of nitrogen functional groups attached to an aromatic ring is 1. The molecule has 0 saturated heterocycles. The van der Waals surface area contributed by atoms with E-state index in [-0.39, 0.29) is 0 Å². The second-order valence-corrected chi connectivity index (χ2v) is 4.78. The predicted molar refractivity (Wildman–Crippen MR) is 68.1 cm³/mol. The summed E-state index contributed by atoms with van der Waals surface area (Å²) in [5.41, 5.74) is 7.88. The quantitative estimate of drug-likeness (QED) is 0.910. The van der Waals surface area contributed by atoms with Gasteiger partial charge in [0.25, 0.3) is 0 Å². The lowest BCUT2D eigenvalue weighted by molar-refractivity contribution is 0.435. The van der Waals surface area contributed by atoms with Gasteiger partial charge in [-0.25, -0.2) is 0 Å². The third-order valence-corrected chi connectivity index (χ3v) is 3.27. The molecule has 1 aromatic heterocycles. The molecule has 2 aromatic rings. The van der Waals surface area contributed by atoms with E-state index in [4.69, 9.17) is 10.3 Å². The van der Waals surface area contributed by atoms with Crippen LogP contribution in [0.5, 0.6) is 0 Å². The summed E-state index contributed by atoms with van der Waals surface area (Å²) in [6, 6.07) is 8.20. The molecule has 0 bridgehead atoms. The van der Waals surface area contributed by atoms with Crippen molar-refractivity contribution in [1.29, 1.82) is 0 Å². The van der Waals surface area contributed by atoms with Gasteiger partial charge in [-0.2, -0.15) is 0 Å². The number of rotatable bonds is 2. The number of hydrogen-bond acceptors (Lipinski definition) is 3. The Balaban J connectivity index is 2.38. The third kappa shape index (κ3) is 1.97. The Morgan fingerprint density at radius 3 is 2.31 bits per heavy atom. The summed E-state index contributed by atoms with van der Waals surface area (Å²) in [4.78, 5) is 0. The van der Waals surface area contributed by atoms with Gasteiger partial charge in [0, 0.05) is 5.56 Å². The highest BCUT2D eigenvalue weighted by atomic mass is 79.9. The smallest absolute Gasteiger partial charge is 0.183 e. The van der Waals surface area contributed by atoms with Crippen molar-refractivity contribution >= 4 is 21.7 Å².